The molecule has 0 fully saturated rings. The van der Waals surface area contributed by atoms with Crippen LogP contribution in [0.4, 0.5) is 10.5 Å². The summed E-state index contributed by atoms with van der Waals surface area (Å²) in [6, 6.07) is 6.78. The molecule has 0 radical (unpaired) electrons. The third-order valence-electron chi connectivity index (χ3n) is 5.22. The van der Waals surface area contributed by atoms with Crippen molar-refractivity contribution in [2.75, 3.05) is 18.5 Å². The molecule has 30 heavy (non-hydrogen) atoms. The van der Waals surface area contributed by atoms with E-state index in [-0.39, 0.29) is 35.2 Å². The van der Waals surface area contributed by atoms with Crippen LogP contribution in [0.3, 0.4) is 0 Å². The number of carbonyl (C=O) groups excluding carboxylic acids is 1. The second kappa shape index (κ2) is 7.44. The largest absolute Gasteiger partial charge is 0.505 e. The zero-order valence-corrected chi connectivity index (χ0v) is 17.8. The predicted molar refractivity (Wildman–Crippen MR) is 114 cm³/mol. The molecule has 1 aliphatic rings. The van der Waals surface area contributed by atoms with Gasteiger partial charge in [-0.2, -0.15) is 0 Å². The van der Waals surface area contributed by atoms with Gasteiger partial charge in [0.1, 0.15) is 17.3 Å². The number of phenolic OH excluding ortho intramolecular Hbond substituents is 1. The lowest BCUT2D eigenvalue weighted by molar-refractivity contribution is 0.0962. The number of phenols is 1. The van der Waals surface area contributed by atoms with Crippen LogP contribution >= 0.6 is 0 Å². The van der Waals surface area contributed by atoms with Crippen molar-refractivity contribution in [3.63, 3.8) is 0 Å². The van der Waals surface area contributed by atoms with Crippen LogP contribution in [0.5, 0.6) is 5.75 Å². The van der Waals surface area contributed by atoms with Crippen LogP contribution < -0.4 is 4.90 Å². The Morgan fingerprint density at radius 1 is 1.27 bits per heavy atom. The number of nitrogens with one attached hydrogen (secondary N) is 1. The highest BCUT2D eigenvalue weighted by atomic mass is 16.4. The summed E-state index contributed by atoms with van der Waals surface area (Å²) in [6.45, 7) is 7.86. The Bertz CT molecular complexity index is 1060. The summed E-state index contributed by atoms with van der Waals surface area (Å²) in [5.41, 5.74) is 2.59. The summed E-state index contributed by atoms with van der Waals surface area (Å²) in [4.78, 5) is 31.5. The number of Topliss-reactive ketones (excluding diaryl/α,β-unsaturated/α-hetero) is 1. The predicted octanol–water partition coefficient (Wildman–Crippen LogP) is 3.53. The van der Waals surface area contributed by atoms with Crippen molar-refractivity contribution in [2.45, 2.75) is 39.7 Å². The number of carbonyl (C=O) groups is 2. The number of aryl methyl sites for hydroxylation is 1. The lowest BCUT2D eigenvalue weighted by atomic mass is 9.84. The van der Waals surface area contributed by atoms with E-state index in [1.54, 1.807) is 11.0 Å². The second-order valence-corrected chi connectivity index (χ2v) is 8.57. The molecular weight excluding hydrogens is 384 g/mol. The molecule has 0 bridgehead atoms. The van der Waals surface area contributed by atoms with Crippen LogP contribution in [0.2, 0.25) is 0 Å². The molecule has 2 heterocycles. The number of aromatic hydroxyl groups is 1. The van der Waals surface area contributed by atoms with Crippen molar-refractivity contribution < 1.29 is 19.8 Å². The van der Waals surface area contributed by atoms with Gasteiger partial charge in [-0.15, -0.1) is 0 Å². The fraction of sp³-hybridized carbons (Fsp3) is 0.364. The Hall–Kier alpha value is -3.42. The smallest absolute Gasteiger partial charge is 0.411 e. The van der Waals surface area contributed by atoms with Crippen LogP contribution in [0.15, 0.2) is 24.3 Å². The SMILES string of the molecule is Cc1ccc2c(n1)C(=N)N(CC(=O)c1cc(N(C)C(=O)O)c(O)c(C(C)(C)C)c1)C2. The number of pyridine rings is 1. The van der Waals surface area contributed by atoms with E-state index in [1.807, 2.05) is 39.8 Å². The fourth-order valence-corrected chi connectivity index (χ4v) is 3.46. The molecule has 0 saturated heterocycles. The van der Waals surface area contributed by atoms with Gasteiger partial charge in [0, 0.05) is 36.0 Å². The molecule has 8 heteroatoms. The molecule has 0 atom stereocenters. The number of fused-ring (bicyclic) bond motifs is 1. The molecule has 0 aliphatic carbocycles. The zero-order chi connectivity index (χ0) is 22.4. The van der Waals surface area contributed by atoms with Gasteiger partial charge in [0.15, 0.2) is 5.78 Å². The first-order valence-corrected chi connectivity index (χ1v) is 9.58. The number of benzene rings is 1. The molecular formula is C22H26N4O4. The maximum atomic E-state index is 13.1. The lowest BCUT2D eigenvalue weighted by Gasteiger charge is -2.26. The molecule has 158 valence electrons. The van der Waals surface area contributed by atoms with Crippen LogP contribution in [0.25, 0.3) is 0 Å². The normalized spacial score (nSPS) is 13.4. The van der Waals surface area contributed by atoms with Gasteiger partial charge in [0.2, 0.25) is 0 Å². The maximum absolute atomic E-state index is 13.1. The Morgan fingerprint density at radius 2 is 1.93 bits per heavy atom. The number of aromatic nitrogens is 1. The quantitative estimate of drug-likeness (QED) is 0.664. The highest BCUT2D eigenvalue weighted by Gasteiger charge is 2.30. The number of anilines is 1. The average Bonchev–Trinajstić information content (AvgIpc) is 2.95. The number of hydrogen-bond acceptors (Lipinski definition) is 5. The second-order valence-electron chi connectivity index (χ2n) is 8.57. The summed E-state index contributed by atoms with van der Waals surface area (Å²) in [7, 11) is 1.32. The summed E-state index contributed by atoms with van der Waals surface area (Å²) < 4.78 is 0. The van der Waals surface area contributed by atoms with Gasteiger partial charge in [-0.05, 0) is 30.5 Å². The molecule has 3 N–H and O–H groups in total. The number of amidine groups is 1. The van der Waals surface area contributed by atoms with Gasteiger partial charge >= 0.3 is 6.09 Å². The lowest BCUT2D eigenvalue weighted by Crippen LogP contribution is -2.31. The Kier molecular flexibility index (Phi) is 5.28. The molecule has 0 saturated carbocycles. The number of ketones is 1. The minimum absolute atomic E-state index is 0.0428. The minimum Gasteiger partial charge on any atom is -0.505 e. The van der Waals surface area contributed by atoms with Crippen molar-refractivity contribution in [3.8, 4) is 5.75 Å². The third kappa shape index (κ3) is 3.85. The number of nitrogens with zero attached hydrogens (tertiary/aromatic N) is 3. The van der Waals surface area contributed by atoms with E-state index in [0.717, 1.165) is 16.2 Å². The Morgan fingerprint density at radius 3 is 2.53 bits per heavy atom. The topological polar surface area (TPSA) is 118 Å². The van der Waals surface area contributed by atoms with Gasteiger partial charge in [-0.1, -0.05) is 26.8 Å². The van der Waals surface area contributed by atoms with Gasteiger partial charge in [0.25, 0.3) is 0 Å². The van der Waals surface area contributed by atoms with E-state index in [2.05, 4.69) is 4.98 Å². The Balaban J connectivity index is 1.95. The summed E-state index contributed by atoms with van der Waals surface area (Å²) in [6.07, 6.45) is -1.24. The van der Waals surface area contributed by atoms with Gasteiger partial charge in [-0.3, -0.25) is 15.1 Å². The standard InChI is InChI=1S/C22H26N4O4/c1-12-6-7-13-10-26(20(23)18(13)24-12)11-17(27)14-8-15(22(2,3)4)19(28)16(9-14)25(5)21(29)30/h6-9,23,28H,10-11H2,1-5H3,(H,29,30). The first-order chi connectivity index (χ1) is 13.9. The summed E-state index contributed by atoms with van der Waals surface area (Å²) in [5, 5.41) is 28.4. The first-order valence-electron chi connectivity index (χ1n) is 9.58. The van der Waals surface area contributed by atoms with Crippen LogP contribution in [0, 0.1) is 12.3 Å². The van der Waals surface area contributed by atoms with E-state index in [1.165, 1.54) is 13.1 Å². The maximum Gasteiger partial charge on any atom is 0.411 e. The molecule has 2 aromatic rings. The number of hydrogen-bond donors (Lipinski definition) is 3. The van der Waals surface area contributed by atoms with Crippen molar-refractivity contribution in [2.24, 2.45) is 0 Å². The Labute approximate surface area is 175 Å². The van der Waals surface area contributed by atoms with Crippen molar-refractivity contribution >= 4 is 23.4 Å². The number of rotatable bonds is 4. The molecule has 0 unspecified atom stereocenters. The monoisotopic (exact) mass is 410 g/mol. The average molecular weight is 410 g/mol. The highest BCUT2D eigenvalue weighted by molar-refractivity contribution is 6.05. The molecule has 1 amide bonds. The molecule has 1 aromatic carbocycles. The van der Waals surface area contributed by atoms with E-state index >= 15 is 0 Å². The molecule has 3 rings (SSSR count). The van der Waals surface area contributed by atoms with E-state index in [9.17, 15) is 19.8 Å². The summed E-state index contributed by atoms with van der Waals surface area (Å²) >= 11 is 0. The van der Waals surface area contributed by atoms with E-state index in [4.69, 9.17) is 5.41 Å². The molecule has 0 spiro atoms. The van der Waals surface area contributed by atoms with Crippen molar-refractivity contribution in [3.05, 3.63) is 52.3 Å². The van der Waals surface area contributed by atoms with Gasteiger partial charge in [-0.25, -0.2) is 9.78 Å². The number of carboxylic acid groups (broad SMARTS) is 1. The third-order valence-corrected chi connectivity index (χ3v) is 5.22. The first kappa shape index (κ1) is 21.3. The molecule has 1 aliphatic heterocycles. The van der Waals surface area contributed by atoms with Crippen molar-refractivity contribution in [1.29, 1.82) is 5.41 Å². The minimum atomic E-state index is -1.24. The van der Waals surface area contributed by atoms with Crippen LogP contribution in [-0.4, -0.2) is 51.4 Å². The van der Waals surface area contributed by atoms with Gasteiger partial charge < -0.3 is 15.1 Å². The van der Waals surface area contributed by atoms with Gasteiger partial charge in [0.05, 0.1) is 12.2 Å². The highest BCUT2D eigenvalue weighted by Crippen LogP contribution is 2.39. The van der Waals surface area contributed by atoms with E-state index in [0.29, 0.717) is 17.8 Å². The summed E-state index contributed by atoms with van der Waals surface area (Å²) in [5.74, 6) is -0.237. The van der Waals surface area contributed by atoms with E-state index < -0.39 is 11.5 Å². The fourth-order valence-electron chi connectivity index (χ4n) is 3.46. The van der Waals surface area contributed by atoms with Crippen LogP contribution in [-0.2, 0) is 12.0 Å². The van der Waals surface area contributed by atoms with Crippen LogP contribution in [0.1, 0.15) is 53.6 Å². The zero-order valence-electron chi connectivity index (χ0n) is 17.8. The molecule has 1 aromatic heterocycles. The number of amides is 1. The molecule has 8 nitrogen and oxygen atoms in total. The van der Waals surface area contributed by atoms with Crippen molar-refractivity contribution in [1.82, 2.24) is 9.88 Å².